The number of nitrogens with one attached hydrogen (secondary N) is 1. The van der Waals surface area contributed by atoms with E-state index in [9.17, 15) is 9.59 Å². The Bertz CT molecular complexity index is 797. The first-order chi connectivity index (χ1) is 13.7. The number of unbranched alkanes of at least 4 members (excludes halogenated alkanes) is 1. The average Bonchev–Trinajstić information content (AvgIpc) is 2.74. The summed E-state index contributed by atoms with van der Waals surface area (Å²) in [7, 11) is 0. The molecule has 0 radical (unpaired) electrons. The first kappa shape index (κ1) is 20.4. The summed E-state index contributed by atoms with van der Waals surface area (Å²) < 4.78 is 5.51. The van der Waals surface area contributed by atoms with Crippen LogP contribution in [-0.2, 0) is 29.1 Å². The van der Waals surface area contributed by atoms with E-state index in [1.807, 2.05) is 54.6 Å². The molecule has 28 heavy (non-hydrogen) atoms. The van der Waals surface area contributed by atoms with Crippen LogP contribution < -0.4 is 5.32 Å². The molecule has 1 aliphatic rings. The van der Waals surface area contributed by atoms with Crippen LogP contribution in [0.4, 0.5) is 4.79 Å². The fourth-order valence-corrected chi connectivity index (χ4v) is 3.70. The monoisotopic (exact) mass is 444 g/mol. The molecule has 0 saturated carbocycles. The third kappa shape index (κ3) is 5.35. The quantitative estimate of drug-likeness (QED) is 0.517. The maximum absolute atomic E-state index is 12.8. The Balaban J connectivity index is 1.69. The van der Waals surface area contributed by atoms with Gasteiger partial charge in [-0.1, -0.05) is 70.5 Å². The van der Waals surface area contributed by atoms with Crippen LogP contribution in [0.1, 0.15) is 29.5 Å². The van der Waals surface area contributed by atoms with E-state index in [0.29, 0.717) is 19.5 Å². The molecule has 0 aliphatic carbocycles. The predicted molar refractivity (Wildman–Crippen MR) is 112 cm³/mol. The molecule has 1 atom stereocenters. The zero-order valence-corrected chi connectivity index (χ0v) is 17.4. The van der Waals surface area contributed by atoms with Gasteiger partial charge in [0.2, 0.25) is 5.91 Å². The molecule has 2 amide bonds. The van der Waals surface area contributed by atoms with Crippen LogP contribution in [0.3, 0.4) is 0 Å². The summed E-state index contributed by atoms with van der Waals surface area (Å²) in [6, 6.07) is 16.9. The van der Waals surface area contributed by atoms with Crippen LogP contribution in [0.15, 0.2) is 54.6 Å². The van der Waals surface area contributed by atoms with E-state index in [1.54, 1.807) is 4.90 Å². The minimum atomic E-state index is -0.554. The van der Waals surface area contributed by atoms with Crippen molar-refractivity contribution >= 4 is 27.9 Å². The minimum absolute atomic E-state index is 0.124. The number of fused-ring (bicyclic) bond motifs is 1. The van der Waals surface area contributed by atoms with E-state index in [0.717, 1.165) is 34.9 Å². The molecule has 1 aliphatic heterocycles. The molecule has 0 spiro atoms. The van der Waals surface area contributed by atoms with E-state index in [-0.39, 0.29) is 12.5 Å². The van der Waals surface area contributed by atoms with Gasteiger partial charge in [-0.15, -0.1) is 0 Å². The number of benzene rings is 2. The molecule has 148 valence electrons. The summed E-state index contributed by atoms with van der Waals surface area (Å²) in [5, 5.41) is 3.88. The van der Waals surface area contributed by atoms with E-state index in [4.69, 9.17) is 4.74 Å². The van der Waals surface area contributed by atoms with Crippen LogP contribution in [0, 0.1) is 0 Å². The normalized spacial score (nSPS) is 15.6. The number of rotatable bonds is 7. The standard InChI is InChI=1S/C22H25BrN2O3/c23-12-6-7-13-24-21(26)20-14-18-10-4-5-11-19(18)15-25(20)22(27)28-16-17-8-2-1-3-9-17/h1-5,8-11,20H,6-7,12-16H2,(H,24,26)/t20-/m0/s1. The van der Waals surface area contributed by atoms with Gasteiger partial charge < -0.3 is 10.1 Å². The van der Waals surface area contributed by atoms with Gasteiger partial charge in [-0.2, -0.15) is 0 Å². The SMILES string of the molecule is O=C(NCCCCBr)[C@@H]1Cc2ccccc2CN1C(=O)OCc1ccccc1. The fraction of sp³-hybridized carbons (Fsp3) is 0.364. The molecule has 3 rings (SSSR count). The first-order valence-electron chi connectivity index (χ1n) is 9.57. The first-order valence-corrected chi connectivity index (χ1v) is 10.7. The van der Waals surface area contributed by atoms with Crippen LogP contribution >= 0.6 is 15.9 Å². The van der Waals surface area contributed by atoms with E-state index in [2.05, 4.69) is 21.2 Å². The summed E-state index contributed by atoms with van der Waals surface area (Å²) in [6.07, 6.45) is 1.94. The van der Waals surface area contributed by atoms with Gasteiger partial charge in [-0.05, 0) is 29.5 Å². The zero-order valence-electron chi connectivity index (χ0n) is 15.8. The molecule has 2 aromatic carbocycles. The smallest absolute Gasteiger partial charge is 0.411 e. The van der Waals surface area contributed by atoms with Crippen molar-refractivity contribution in [2.45, 2.75) is 38.5 Å². The Labute approximate surface area is 174 Å². The summed E-state index contributed by atoms with van der Waals surface area (Å²) in [4.78, 5) is 27.1. The van der Waals surface area contributed by atoms with Crippen molar-refractivity contribution in [2.75, 3.05) is 11.9 Å². The molecule has 0 aromatic heterocycles. The molecule has 0 unspecified atom stereocenters. The third-order valence-electron chi connectivity index (χ3n) is 4.85. The van der Waals surface area contributed by atoms with Crippen molar-refractivity contribution in [1.29, 1.82) is 0 Å². The number of halogens is 1. The van der Waals surface area contributed by atoms with Crippen molar-refractivity contribution in [3.8, 4) is 0 Å². The highest BCUT2D eigenvalue weighted by Gasteiger charge is 2.35. The third-order valence-corrected chi connectivity index (χ3v) is 5.41. The Morgan fingerprint density at radius 2 is 1.75 bits per heavy atom. The number of hydrogen-bond acceptors (Lipinski definition) is 3. The van der Waals surface area contributed by atoms with Gasteiger partial charge in [0.1, 0.15) is 12.6 Å². The molecular weight excluding hydrogens is 420 g/mol. The van der Waals surface area contributed by atoms with Crippen LogP contribution in [0.2, 0.25) is 0 Å². The van der Waals surface area contributed by atoms with Crippen LogP contribution in [0.25, 0.3) is 0 Å². The molecule has 2 aromatic rings. The molecule has 1 N–H and O–H groups in total. The Kier molecular flexibility index (Phi) is 7.48. The maximum atomic E-state index is 12.8. The Morgan fingerprint density at radius 3 is 2.50 bits per heavy atom. The lowest BCUT2D eigenvalue weighted by Crippen LogP contribution is -2.52. The van der Waals surface area contributed by atoms with Crippen LogP contribution in [-0.4, -0.2) is 34.8 Å². The van der Waals surface area contributed by atoms with Gasteiger partial charge in [0.25, 0.3) is 0 Å². The maximum Gasteiger partial charge on any atom is 0.411 e. The zero-order chi connectivity index (χ0) is 19.8. The summed E-state index contributed by atoms with van der Waals surface area (Å²) in [6.45, 7) is 1.18. The van der Waals surface area contributed by atoms with E-state index < -0.39 is 12.1 Å². The lowest BCUT2D eigenvalue weighted by Gasteiger charge is -2.35. The number of ether oxygens (including phenoxy) is 1. The number of nitrogens with zero attached hydrogens (tertiary/aromatic N) is 1. The lowest BCUT2D eigenvalue weighted by molar-refractivity contribution is -0.126. The molecule has 0 saturated heterocycles. The van der Waals surface area contributed by atoms with Crippen LogP contribution in [0.5, 0.6) is 0 Å². The van der Waals surface area contributed by atoms with Crippen molar-refractivity contribution in [3.63, 3.8) is 0 Å². The number of alkyl halides is 1. The van der Waals surface area contributed by atoms with Gasteiger partial charge in [0.15, 0.2) is 0 Å². The second kappa shape index (κ2) is 10.3. The summed E-state index contributed by atoms with van der Waals surface area (Å²) in [5.41, 5.74) is 3.08. The highest BCUT2D eigenvalue weighted by Crippen LogP contribution is 2.24. The topological polar surface area (TPSA) is 58.6 Å². The molecule has 6 heteroatoms. The second-order valence-corrected chi connectivity index (χ2v) is 7.64. The molecule has 0 fully saturated rings. The fourth-order valence-electron chi connectivity index (χ4n) is 3.30. The number of carbonyl (C=O) groups excluding carboxylic acids is 2. The Morgan fingerprint density at radius 1 is 1.04 bits per heavy atom. The van der Waals surface area contributed by atoms with E-state index >= 15 is 0 Å². The molecule has 1 heterocycles. The van der Waals surface area contributed by atoms with E-state index in [1.165, 1.54) is 0 Å². The molecule has 5 nitrogen and oxygen atoms in total. The van der Waals surface area contributed by atoms with Crippen molar-refractivity contribution in [1.82, 2.24) is 10.2 Å². The van der Waals surface area contributed by atoms with Crippen molar-refractivity contribution in [3.05, 3.63) is 71.3 Å². The average molecular weight is 445 g/mol. The highest BCUT2D eigenvalue weighted by atomic mass is 79.9. The molecule has 0 bridgehead atoms. The van der Waals surface area contributed by atoms with Gasteiger partial charge in [0.05, 0.1) is 6.54 Å². The summed E-state index contributed by atoms with van der Waals surface area (Å²) in [5.74, 6) is -0.124. The second-order valence-electron chi connectivity index (χ2n) is 6.84. The predicted octanol–water partition coefficient (Wildman–Crippen LogP) is 4.04. The van der Waals surface area contributed by atoms with Gasteiger partial charge in [-0.25, -0.2) is 4.79 Å². The largest absolute Gasteiger partial charge is 0.445 e. The van der Waals surface area contributed by atoms with Crippen molar-refractivity contribution < 1.29 is 14.3 Å². The van der Waals surface area contributed by atoms with Gasteiger partial charge in [-0.3, -0.25) is 9.69 Å². The number of hydrogen-bond donors (Lipinski definition) is 1. The van der Waals surface area contributed by atoms with Gasteiger partial charge in [0, 0.05) is 18.3 Å². The molecular formula is C22H25BrN2O3. The number of carbonyl (C=O) groups is 2. The highest BCUT2D eigenvalue weighted by molar-refractivity contribution is 9.09. The van der Waals surface area contributed by atoms with Gasteiger partial charge >= 0.3 is 6.09 Å². The summed E-state index contributed by atoms with van der Waals surface area (Å²) >= 11 is 3.39. The lowest BCUT2D eigenvalue weighted by atomic mass is 9.94. The minimum Gasteiger partial charge on any atom is -0.445 e. The number of amides is 2. The van der Waals surface area contributed by atoms with Crippen molar-refractivity contribution in [2.24, 2.45) is 0 Å². The Hall–Kier alpha value is -2.34.